The first-order valence-corrected chi connectivity index (χ1v) is 7.22. The fraction of sp³-hybridized carbons (Fsp3) is 0.562. The molecule has 1 aliphatic heterocycles. The summed E-state index contributed by atoms with van der Waals surface area (Å²) in [7, 11) is 1.41. The third-order valence-electron chi connectivity index (χ3n) is 3.55. The minimum atomic E-state index is -0.942. The fourth-order valence-electron chi connectivity index (χ4n) is 2.55. The minimum absolute atomic E-state index is 0.0995. The van der Waals surface area contributed by atoms with E-state index in [1.54, 1.807) is 25.7 Å². The maximum atomic E-state index is 13.5. The van der Waals surface area contributed by atoms with Crippen molar-refractivity contribution in [3.63, 3.8) is 0 Å². The predicted octanol–water partition coefficient (Wildman–Crippen LogP) is 3.70. The van der Waals surface area contributed by atoms with Crippen LogP contribution in [0.4, 0.5) is 13.6 Å². The summed E-state index contributed by atoms with van der Waals surface area (Å²) in [4.78, 5) is 13.6. The lowest BCUT2D eigenvalue weighted by Crippen LogP contribution is -2.35. The van der Waals surface area contributed by atoms with Crippen molar-refractivity contribution >= 4 is 6.09 Å². The number of methoxy groups -OCH3 is 1. The van der Waals surface area contributed by atoms with E-state index in [2.05, 4.69) is 0 Å². The molecule has 1 aromatic rings. The van der Waals surface area contributed by atoms with E-state index in [1.807, 2.05) is 0 Å². The van der Waals surface area contributed by atoms with E-state index in [-0.39, 0.29) is 5.92 Å². The van der Waals surface area contributed by atoms with Crippen LogP contribution in [0.1, 0.15) is 38.7 Å². The van der Waals surface area contributed by atoms with Crippen molar-refractivity contribution in [3.05, 3.63) is 29.3 Å². The van der Waals surface area contributed by atoms with Gasteiger partial charge < -0.3 is 14.4 Å². The maximum absolute atomic E-state index is 13.5. The van der Waals surface area contributed by atoms with E-state index in [1.165, 1.54) is 7.11 Å². The van der Waals surface area contributed by atoms with Gasteiger partial charge in [-0.2, -0.15) is 0 Å². The molecule has 22 heavy (non-hydrogen) atoms. The zero-order valence-corrected chi connectivity index (χ0v) is 13.3. The van der Waals surface area contributed by atoms with Gasteiger partial charge in [0.15, 0.2) is 11.6 Å². The first-order valence-electron chi connectivity index (χ1n) is 7.22. The van der Waals surface area contributed by atoms with Gasteiger partial charge in [-0.05, 0) is 33.3 Å². The van der Waals surface area contributed by atoms with Crippen molar-refractivity contribution < 1.29 is 23.0 Å². The summed E-state index contributed by atoms with van der Waals surface area (Å²) in [6.45, 7) is 6.32. The van der Waals surface area contributed by atoms with E-state index in [0.717, 1.165) is 12.1 Å². The van der Waals surface area contributed by atoms with Crippen molar-refractivity contribution in [1.29, 1.82) is 0 Å². The van der Waals surface area contributed by atoms with Gasteiger partial charge in [0.1, 0.15) is 11.4 Å². The molecule has 0 aliphatic carbocycles. The Morgan fingerprint density at radius 1 is 1.27 bits per heavy atom. The Labute approximate surface area is 129 Å². The van der Waals surface area contributed by atoms with E-state index in [0.29, 0.717) is 30.8 Å². The Morgan fingerprint density at radius 3 is 2.50 bits per heavy atom. The summed E-state index contributed by atoms with van der Waals surface area (Å²) in [6, 6.07) is 2.19. The van der Waals surface area contributed by atoms with E-state index < -0.39 is 23.3 Å². The van der Waals surface area contributed by atoms with Gasteiger partial charge in [0, 0.05) is 30.6 Å². The van der Waals surface area contributed by atoms with Crippen LogP contribution in [0, 0.1) is 11.6 Å². The smallest absolute Gasteiger partial charge is 0.410 e. The van der Waals surface area contributed by atoms with Crippen LogP contribution in [0.5, 0.6) is 5.75 Å². The third kappa shape index (κ3) is 3.67. The molecule has 1 amide bonds. The highest BCUT2D eigenvalue weighted by molar-refractivity contribution is 5.68. The zero-order valence-electron chi connectivity index (χ0n) is 13.3. The topological polar surface area (TPSA) is 38.8 Å². The average Bonchev–Trinajstić information content (AvgIpc) is 2.89. The van der Waals surface area contributed by atoms with Gasteiger partial charge in [-0.3, -0.25) is 0 Å². The second-order valence-corrected chi connectivity index (χ2v) is 6.42. The maximum Gasteiger partial charge on any atom is 0.410 e. The number of carbonyl (C=O) groups excluding carboxylic acids is 1. The van der Waals surface area contributed by atoms with Crippen LogP contribution < -0.4 is 4.74 Å². The molecular weight excluding hydrogens is 292 g/mol. The molecule has 1 atom stereocenters. The monoisotopic (exact) mass is 313 g/mol. The van der Waals surface area contributed by atoms with Crippen molar-refractivity contribution in [1.82, 2.24) is 4.90 Å². The lowest BCUT2D eigenvalue weighted by Gasteiger charge is -2.24. The number of hydrogen-bond acceptors (Lipinski definition) is 3. The number of hydrogen-bond donors (Lipinski definition) is 0. The van der Waals surface area contributed by atoms with E-state index >= 15 is 0 Å². The number of likely N-dealkylation sites (tertiary alicyclic amines) is 1. The molecule has 6 heteroatoms. The molecule has 122 valence electrons. The number of carbonyl (C=O) groups is 1. The molecule has 1 fully saturated rings. The normalized spacial score (nSPS) is 18.5. The van der Waals surface area contributed by atoms with E-state index in [9.17, 15) is 13.6 Å². The van der Waals surface area contributed by atoms with Gasteiger partial charge in [-0.15, -0.1) is 0 Å². The van der Waals surface area contributed by atoms with Crippen molar-refractivity contribution in [2.45, 2.75) is 38.7 Å². The molecule has 1 saturated heterocycles. The highest BCUT2D eigenvalue weighted by Crippen LogP contribution is 2.35. The molecule has 0 saturated carbocycles. The summed E-state index contributed by atoms with van der Waals surface area (Å²) in [6.07, 6.45) is 0.261. The SMILES string of the molecule is COc1cc(F)c(F)cc1C1CCN(C(=O)OC(C)(C)C)C1. The number of nitrogens with zero attached hydrogens (tertiary/aromatic N) is 1. The van der Waals surface area contributed by atoms with Gasteiger partial charge in [0.2, 0.25) is 0 Å². The summed E-state index contributed by atoms with van der Waals surface area (Å²) >= 11 is 0. The lowest BCUT2D eigenvalue weighted by atomic mass is 9.97. The lowest BCUT2D eigenvalue weighted by molar-refractivity contribution is 0.0292. The Hall–Kier alpha value is -1.85. The van der Waals surface area contributed by atoms with E-state index in [4.69, 9.17) is 9.47 Å². The number of amides is 1. The van der Waals surface area contributed by atoms with Crippen LogP contribution in [-0.4, -0.2) is 36.8 Å². The van der Waals surface area contributed by atoms with Crippen molar-refractivity contribution in [3.8, 4) is 5.75 Å². The highest BCUT2D eigenvalue weighted by Gasteiger charge is 2.32. The van der Waals surface area contributed by atoms with Gasteiger partial charge in [-0.1, -0.05) is 0 Å². The molecule has 1 aliphatic rings. The summed E-state index contributed by atoms with van der Waals surface area (Å²) < 4.78 is 37.2. The number of benzene rings is 1. The highest BCUT2D eigenvalue weighted by atomic mass is 19.2. The van der Waals surface area contributed by atoms with Crippen LogP contribution >= 0.6 is 0 Å². The van der Waals surface area contributed by atoms with Crippen LogP contribution in [0.25, 0.3) is 0 Å². The molecule has 0 N–H and O–H groups in total. The molecule has 1 aromatic carbocycles. The molecule has 0 aromatic heterocycles. The summed E-state index contributed by atoms with van der Waals surface area (Å²) in [5.74, 6) is -1.65. The minimum Gasteiger partial charge on any atom is -0.496 e. The molecule has 0 bridgehead atoms. The quantitative estimate of drug-likeness (QED) is 0.835. The van der Waals surface area contributed by atoms with Crippen LogP contribution in [0.2, 0.25) is 0 Å². The molecular formula is C16H21F2NO3. The zero-order chi connectivity index (χ0) is 16.5. The first kappa shape index (κ1) is 16.5. The van der Waals surface area contributed by atoms with Crippen molar-refractivity contribution in [2.24, 2.45) is 0 Å². The Bertz CT molecular complexity index is 569. The van der Waals surface area contributed by atoms with Gasteiger partial charge in [-0.25, -0.2) is 13.6 Å². The Balaban J connectivity index is 2.13. The first-order chi connectivity index (χ1) is 10.2. The number of rotatable bonds is 2. The Morgan fingerprint density at radius 2 is 1.91 bits per heavy atom. The van der Waals surface area contributed by atoms with Crippen LogP contribution in [-0.2, 0) is 4.74 Å². The molecule has 1 heterocycles. The van der Waals surface area contributed by atoms with Gasteiger partial charge in [0.25, 0.3) is 0 Å². The summed E-state index contributed by atoms with van der Waals surface area (Å²) in [5.41, 5.74) is 0.0157. The third-order valence-corrected chi connectivity index (χ3v) is 3.55. The summed E-state index contributed by atoms with van der Waals surface area (Å²) in [5, 5.41) is 0. The average molecular weight is 313 g/mol. The second kappa shape index (κ2) is 6.10. The van der Waals surface area contributed by atoms with Crippen LogP contribution in [0.15, 0.2) is 12.1 Å². The number of ether oxygens (including phenoxy) is 2. The van der Waals surface area contributed by atoms with Gasteiger partial charge in [0.05, 0.1) is 7.11 Å². The predicted molar refractivity (Wildman–Crippen MR) is 78.1 cm³/mol. The van der Waals surface area contributed by atoms with Crippen LogP contribution in [0.3, 0.4) is 0 Å². The standard InChI is InChI=1S/C16H21F2NO3/c1-16(2,3)22-15(20)19-6-5-10(9-19)11-7-12(17)13(18)8-14(11)21-4/h7-8,10H,5-6,9H2,1-4H3. The molecule has 0 spiro atoms. The second-order valence-electron chi connectivity index (χ2n) is 6.42. The Kier molecular flexibility index (Phi) is 4.58. The van der Waals surface area contributed by atoms with Gasteiger partial charge >= 0.3 is 6.09 Å². The molecule has 4 nitrogen and oxygen atoms in total. The molecule has 0 radical (unpaired) electrons. The number of halogens is 2. The largest absolute Gasteiger partial charge is 0.496 e. The van der Waals surface area contributed by atoms with Crippen molar-refractivity contribution in [2.75, 3.05) is 20.2 Å². The molecule has 2 rings (SSSR count). The molecule has 1 unspecified atom stereocenters. The fourth-order valence-corrected chi connectivity index (χ4v) is 2.55.